The maximum atomic E-state index is 12.0. The molecular formula is C18H26Cl2N4O. The molecule has 0 aliphatic carbocycles. The Kier molecular flexibility index (Phi) is 10.8. The van der Waals surface area contributed by atoms with Crippen molar-refractivity contribution in [2.75, 3.05) is 18.4 Å². The van der Waals surface area contributed by atoms with Gasteiger partial charge in [0.1, 0.15) is 11.9 Å². The molecule has 0 saturated carbocycles. The van der Waals surface area contributed by atoms with Gasteiger partial charge in [-0.05, 0) is 37.5 Å². The second kappa shape index (κ2) is 11.7. The zero-order valence-corrected chi connectivity index (χ0v) is 16.1. The van der Waals surface area contributed by atoms with E-state index in [-0.39, 0.29) is 30.7 Å². The number of aromatic nitrogens is 1. The Labute approximate surface area is 161 Å². The molecule has 138 valence electrons. The number of hydrogen-bond acceptors (Lipinski definition) is 4. The van der Waals surface area contributed by atoms with Gasteiger partial charge >= 0.3 is 0 Å². The van der Waals surface area contributed by atoms with Gasteiger partial charge in [-0.25, -0.2) is 4.98 Å². The molecule has 1 unspecified atom stereocenters. The highest BCUT2D eigenvalue weighted by Crippen LogP contribution is 2.11. The molecule has 0 aliphatic heterocycles. The summed E-state index contributed by atoms with van der Waals surface area (Å²) < 4.78 is 0. The van der Waals surface area contributed by atoms with E-state index in [0.717, 1.165) is 35.5 Å². The van der Waals surface area contributed by atoms with Crippen molar-refractivity contribution in [1.29, 1.82) is 0 Å². The Balaban J connectivity index is 0.00000288. The molecule has 1 amide bonds. The Bertz CT molecular complexity index is 633. The predicted molar refractivity (Wildman–Crippen MR) is 108 cm³/mol. The maximum absolute atomic E-state index is 12.0. The molecule has 4 N–H and O–H groups in total. The van der Waals surface area contributed by atoms with Crippen LogP contribution in [0.5, 0.6) is 0 Å². The van der Waals surface area contributed by atoms with Crippen molar-refractivity contribution in [1.82, 2.24) is 10.3 Å². The molecule has 1 aromatic heterocycles. The van der Waals surface area contributed by atoms with Gasteiger partial charge in [-0.2, -0.15) is 0 Å². The Hall–Kier alpha value is -1.82. The van der Waals surface area contributed by atoms with Crippen LogP contribution in [-0.2, 0) is 4.79 Å². The summed E-state index contributed by atoms with van der Waals surface area (Å²) in [6.45, 7) is 5.34. The molecule has 0 aliphatic rings. The van der Waals surface area contributed by atoms with Crippen LogP contribution in [0, 0.1) is 13.8 Å². The normalized spacial score (nSPS) is 10.8. The van der Waals surface area contributed by atoms with E-state index in [2.05, 4.69) is 15.6 Å². The highest BCUT2D eigenvalue weighted by Gasteiger charge is 2.14. The number of halogens is 2. The Morgan fingerprint density at radius 2 is 1.68 bits per heavy atom. The van der Waals surface area contributed by atoms with E-state index in [1.165, 1.54) is 0 Å². The predicted octanol–water partition coefficient (Wildman–Crippen LogP) is 3.16. The first-order valence-electron chi connectivity index (χ1n) is 7.82. The van der Waals surface area contributed by atoms with Gasteiger partial charge in [-0.15, -0.1) is 24.8 Å². The molecule has 1 atom stereocenters. The number of nitrogens with two attached hydrogens (primary N) is 1. The van der Waals surface area contributed by atoms with Gasteiger partial charge < -0.3 is 16.4 Å². The minimum atomic E-state index is -0.623. The molecular weight excluding hydrogens is 359 g/mol. The van der Waals surface area contributed by atoms with Gasteiger partial charge in [0.15, 0.2) is 0 Å². The van der Waals surface area contributed by atoms with E-state index in [9.17, 15) is 4.79 Å². The van der Waals surface area contributed by atoms with E-state index in [0.29, 0.717) is 6.54 Å². The molecule has 2 rings (SSSR count). The van der Waals surface area contributed by atoms with E-state index < -0.39 is 6.04 Å². The van der Waals surface area contributed by atoms with E-state index in [1.807, 2.05) is 56.4 Å². The molecule has 1 heterocycles. The number of nitrogens with zero attached hydrogens (tertiary/aromatic N) is 1. The lowest BCUT2D eigenvalue weighted by atomic mass is 10.1. The third-order valence-electron chi connectivity index (χ3n) is 3.59. The van der Waals surface area contributed by atoms with Crippen LogP contribution in [-0.4, -0.2) is 24.0 Å². The van der Waals surface area contributed by atoms with Crippen LogP contribution < -0.4 is 16.4 Å². The fourth-order valence-corrected chi connectivity index (χ4v) is 2.12. The van der Waals surface area contributed by atoms with Crippen molar-refractivity contribution in [3.05, 3.63) is 59.3 Å². The van der Waals surface area contributed by atoms with Crippen LogP contribution in [0.2, 0.25) is 0 Å². The number of hydrogen-bond donors (Lipinski definition) is 3. The van der Waals surface area contributed by atoms with Crippen molar-refractivity contribution < 1.29 is 4.79 Å². The lowest BCUT2D eigenvalue weighted by Crippen LogP contribution is -2.35. The van der Waals surface area contributed by atoms with E-state index in [1.54, 1.807) is 0 Å². The zero-order chi connectivity index (χ0) is 16.7. The molecule has 0 saturated heterocycles. The lowest BCUT2D eigenvalue weighted by molar-refractivity contribution is -0.122. The van der Waals surface area contributed by atoms with Crippen LogP contribution >= 0.6 is 24.8 Å². The van der Waals surface area contributed by atoms with Gasteiger partial charge in [0.2, 0.25) is 5.91 Å². The Morgan fingerprint density at radius 3 is 2.28 bits per heavy atom. The first-order chi connectivity index (χ1) is 11.1. The fourth-order valence-electron chi connectivity index (χ4n) is 2.12. The number of benzene rings is 1. The summed E-state index contributed by atoms with van der Waals surface area (Å²) in [6, 6.07) is 11.0. The summed E-state index contributed by atoms with van der Waals surface area (Å²) >= 11 is 0. The molecule has 25 heavy (non-hydrogen) atoms. The molecule has 7 heteroatoms. The fraction of sp³-hybridized carbons (Fsp3) is 0.333. The molecule has 0 spiro atoms. The lowest BCUT2D eigenvalue weighted by Gasteiger charge is -2.13. The summed E-state index contributed by atoms with van der Waals surface area (Å²) in [4.78, 5) is 16.3. The van der Waals surface area contributed by atoms with Gasteiger partial charge in [0.25, 0.3) is 0 Å². The van der Waals surface area contributed by atoms with Crippen molar-refractivity contribution in [3.8, 4) is 0 Å². The minimum absolute atomic E-state index is 0. The zero-order valence-electron chi connectivity index (χ0n) is 14.5. The van der Waals surface area contributed by atoms with E-state index in [4.69, 9.17) is 5.73 Å². The third-order valence-corrected chi connectivity index (χ3v) is 3.59. The average molecular weight is 385 g/mol. The maximum Gasteiger partial charge on any atom is 0.241 e. The van der Waals surface area contributed by atoms with Gasteiger partial charge in [0, 0.05) is 19.3 Å². The topological polar surface area (TPSA) is 80.0 Å². The molecule has 1 aromatic carbocycles. The SMILES string of the molecule is Cc1ccc(C(N)C(=O)NCCCNc2ccc(C)cn2)cc1.Cl.Cl. The highest BCUT2D eigenvalue weighted by atomic mass is 35.5. The molecule has 2 aromatic rings. The monoisotopic (exact) mass is 384 g/mol. The summed E-state index contributed by atoms with van der Waals surface area (Å²) in [5, 5.41) is 6.09. The van der Waals surface area contributed by atoms with Crippen molar-refractivity contribution >= 4 is 36.5 Å². The average Bonchev–Trinajstić information content (AvgIpc) is 2.56. The second-order valence-electron chi connectivity index (χ2n) is 5.68. The molecule has 0 fully saturated rings. The van der Waals surface area contributed by atoms with Crippen LogP contribution in [0.4, 0.5) is 5.82 Å². The summed E-state index contributed by atoms with van der Waals surface area (Å²) in [5.41, 5.74) is 9.08. The van der Waals surface area contributed by atoms with Gasteiger partial charge in [-0.1, -0.05) is 35.9 Å². The van der Waals surface area contributed by atoms with Crippen LogP contribution in [0.1, 0.15) is 29.2 Å². The van der Waals surface area contributed by atoms with Gasteiger partial charge in [-0.3, -0.25) is 4.79 Å². The number of nitrogens with one attached hydrogen (secondary N) is 2. The van der Waals surface area contributed by atoms with Crippen LogP contribution in [0.25, 0.3) is 0 Å². The third kappa shape index (κ3) is 7.73. The quantitative estimate of drug-likeness (QED) is 0.640. The standard InChI is InChI=1S/C18H24N4O.2ClH/c1-13-4-7-15(8-5-13)17(19)18(23)21-11-3-10-20-16-9-6-14(2)12-22-16;;/h4-9,12,17H,3,10-11,19H2,1-2H3,(H,20,22)(H,21,23);2*1H. The van der Waals surface area contributed by atoms with Crippen LogP contribution in [0.15, 0.2) is 42.6 Å². The number of pyridine rings is 1. The highest BCUT2D eigenvalue weighted by molar-refractivity contribution is 5.85. The first kappa shape index (κ1) is 23.2. The van der Waals surface area contributed by atoms with Crippen molar-refractivity contribution in [3.63, 3.8) is 0 Å². The Morgan fingerprint density at radius 1 is 1.04 bits per heavy atom. The van der Waals surface area contributed by atoms with Crippen molar-refractivity contribution in [2.45, 2.75) is 26.3 Å². The molecule has 0 radical (unpaired) electrons. The smallest absolute Gasteiger partial charge is 0.241 e. The largest absolute Gasteiger partial charge is 0.370 e. The van der Waals surface area contributed by atoms with E-state index >= 15 is 0 Å². The number of carbonyl (C=O) groups is 1. The number of carbonyl (C=O) groups excluding carboxylic acids is 1. The molecule has 5 nitrogen and oxygen atoms in total. The van der Waals surface area contributed by atoms with Gasteiger partial charge in [0.05, 0.1) is 0 Å². The number of anilines is 1. The molecule has 0 bridgehead atoms. The number of amides is 1. The van der Waals surface area contributed by atoms with Crippen molar-refractivity contribution in [2.24, 2.45) is 5.73 Å². The summed E-state index contributed by atoms with van der Waals surface area (Å²) in [7, 11) is 0. The van der Waals surface area contributed by atoms with Crippen LogP contribution in [0.3, 0.4) is 0 Å². The summed E-state index contributed by atoms with van der Waals surface area (Å²) in [5.74, 6) is 0.695. The number of rotatable bonds is 7. The number of aryl methyl sites for hydroxylation is 2. The first-order valence-corrected chi connectivity index (χ1v) is 7.82. The second-order valence-corrected chi connectivity index (χ2v) is 5.68. The minimum Gasteiger partial charge on any atom is -0.370 e. The summed E-state index contributed by atoms with van der Waals surface area (Å²) in [6.07, 6.45) is 2.63.